The van der Waals surface area contributed by atoms with Crippen LogP contribution < -0.4 is 10.6 Å². The van der Waals surface area contributed by atoms with Crippen LogP contribution in [-0.4, -0.2) is 48.0 Å². The third kappa shape index (κ3) is 4.63. The lowest BCUT2D eigenvalue weighted by Crippen LogP contribution is -2.14. The SMILES string of the molecule is OCCNc1nc(NCCc2cccs2)cc([C@H]2CCOC2)n1. The molecule has 1 aliphatic rings. The molecule has 124 valence electrons. The summed E-state index contributed by atoms with van der Waals surface area (Å²) < 4.78 is 5.46. The molecular formula is C16H22N4O2S. The number of nitrogens with zero attached hydrogens (tertiary/aromatic N) is 2. The van der Waals surface area contributed by atoms with Gasteiger partial charge in [-0.1, -0.05) is 6.07 Å². The Morgan fingerprint density at radius 3 is 3.00 bits per heavy atom. The van der Waals surface area contributed by atoms with Crippen molar-refractivity contribution in [2.24, 2.45) is 0 Å². The fraction of sp³-hybridized carbons (Fsp3) is 0.500. The minimum atomic E-state index is 0.0568. The van der Waals surface area contributed by atoms with Crippen molar-refractivity contribution in [3.05, 3.63) is 34.2 Å². The van der Waals surface area contributed by atoms with Gasteiger partial charge in [0.15, 0.2) is 0 Å². The molecule has 0 amide bonds. The molecule has 2 aromatic heterocycles. The lowest BCUT2D eigenvalue weighted by Gasteiger charge is -2.13. The van der Waals surface area contributed by atoms with Crippen molar-refractivity contribution in [1.82, 2.24) is 9.97 Å². The molecule has 1 fully saturated rings. The molecule has 3 rings (SSSR count). The number of nitrogens with one attached hydrogen (secondary N) is 2. The van der Waals surface area contributed by atoms with Crippen LogP contribution in [0.15, 0.2) is 23.6 Å². The van der Waals surface area contributed by atoms with Gasteiger partial charge in [0.05, 0.1) is 18.9 Å². The number of ether oxygens (including phenoxy) is 1. The molecule has 0 saturated carbocycles. The molecule has 0 radical (unpaired) electrons. The molecule has 0 spiro atoms. The average Bonchev–Trinajstić information content (AvgIpc) is 3.26. The third-order valence-corrected chi connectivity index (χ3v) is 4.68. The Balaban J connectivity index is 1.67. The van der Waals surface area contributed by atoms with E-state index < -0.39 is 0 Å². The summed E-state index contributed by atoms with van der Waals surface area (Å²) in [5.41, 5.74) is 0.997. The third-order valence-electron chi connectivity index (χ3n) is 3.75. The highest BCUT2D eigenvalue weighted by Gasteiger charge is 2.20. The molecule has 0 bridgehead atoms. The van der Waals surface area contributed by atoms with E-state index in [0.29, 0.717) is 25.0 Å². The fourth-order valence-electron chi connectivity index (χ4n) is 2.55. The van der Waals surface area contributed by atoms with E-state index in [0.717, 1.165) is 37.5 Å². The van der Waals surface area contributed by atoms with Gasteiger partial charge in [0, 0.05) is 36.6 Å². The van der Waals surface area contributed by atoms with Crippen LogP contribution in [0.5, 0.6) is 0 Å². The summed E-state index contributed by atoms with van der Waals surface area (Å²) >= 11 is 1.77. The average molecular weight is 334 g/mol. The summed E-state index contributed by atoms with van der Waals surface area (Å²) in [6.07, 6.45) is 1.97. The van der Waals surface area contributed by atoms with Gasteiger partial charge in [0.25, 0.3) is 0 Å². The van der Waals surface area contributed by atoms with Gasteiger partial charge < -0.3 is 20.5 Å². The van der Waals surface area contributed by atoms with Crippen LogP contribution in [-0.2, 0) is 11.2 Å². The first kappa shape index (κ1) is 16.2. The Kier molecular flexibility index (Phi) is 5.79. The van der Waals surface area contributed by atoms with Gasteiger partial charge in [-0.15, -0.1) is 11.3 Å². The van der Waals surface area contributed by atoms with Crippen LogP contribution in [0.1, 0.15) is 22.9 Å². The van der Waals surface area contributed by atoms with Gasteiger partial charge >= 0.3 is 0 Å². The molecular weight excluding hydrogens is 312 g/mol. The minimum Gasteiger partial charge on any atom is -0.395 e. The van der Waals surface area contributed by atoms with Gasteiger partial charge in [-0.3, -0.25) is 0 Å². The zero-order valence-corrected chi connectivity index (χ0v) is 13.8. The zero-order valence-electron chi connectivity index (χ0n) is 13.0. The highest BCUT2D eigenvalue weighted by molar-refractivity contribution is 7.09. The first-order valence-corrected chi connectivity index (χ1v) is 8.81. The van der Waals surface area contributed by atoms with Crippen molar-refractivity contribution < 1.29 is 9.84 Å². The first-order valence-electron chi connectivity index (χ1n) is 7.93. The van der Waals surface area contributed by atoms with Crippen LogP contribution in [0.25, 0.3) is 0 Å². The number of hydrogen-bond acceptors (Lipinski definition) is 7. The van der Waals surface area contributed by atoms with E-state index in [1.165, 1.54) is 4.88 Å². The minimum absolute atomic E-state index is 0.0568. The second-order valence-electron chi connectivity index (χ2n) is 5.47. The van der Waals surface area contributed by atoms with E-state index in [9.17, 15) is 0 Å². The maximum absolute atomic E-state index is 8.97. The second kappa shape index (κ2) is 8.24. The van der Waals surface area contributed by atoms with Crippen molar-refractivity contribution in [3.63, 3.8) is 0 Å². The standard InChI is InChI=1S/C16H22N4O2S/c21-7-6-18-16-19-14(12-4-8-22-11-12)10-15(20-16)17-5-3-13-2-1-9-23-13/h1-2,9-10,12,21H,3-8,11H2,(H2,17,18,19,20)/t12-/m0/s1. The largest absolute Gasteiger partial charge is 0.395 e. The van der Waals surface area contributed by atoms with Crippen LogP contribution in [0, 0.1) is 0 Å². The molecule has 3 N–H and O–H groups in total. The summed E-state index contributed by atoms with van der Waals surface area (Å²) in [6, 6.07) is 6.22. The summed E-state index contributed by atoms with van der Waals surface area (Å²) in [6.45, 7) is 2.83. The van der Waals surface area contributed by atoms with Gasteiger partial charge in [-0.2, -0.15) is 4.98 Å². The van der Waals surface area contributed by atoms with Crippen LogP contribution in [0.2, 0.25) is 0 Å². The van der Waals surface area contributed by atoms with Crippen molar-refractivity contribution in [2.75, 3.05) is 43.5 Å². The van der Waals surface area contributed by atoms with Crippen molar-refractivity contribution in [2.45, 2.75) is 18.8 Å². The van der Waals surface area contributed by atoms with Crippen molar-refractivity contribution >= 4 is 23.1 Å². The summed E-state index contributed by atoms with van der Waals surface area (Å²) in [5.74, 6) is 1.70. The maximum atomic E-state index is 8.97. The van der Waals surface area contributed by atoms with Gasteiger partial charge in [0.1, 0.15) is 5.82 Å². The zero-order chi connectivity index (χ0) is 15.9. The first-order chi connectivity index (χ1) is 11.3. The van der Waals surface area contributed by atoms with Crippen LogP contribution in [0.4, 0.5) is 11.8 Å². The van der Waals surface area contributed by atoms with E-state index >= 15 is 0 Å². The van der Waals surface area contributed by atoms with E-state index in [2.05, 4.69) is 38.1 Å². The van der Waals surface area contributed by atoms with E-state index in [4.69, 9.17) is 9.84 Å². The predicted molar refractivity (Wildman–Crippen MR) is 92.3 cm³/mol. The quantitative estimate of drug-likeness (QED) is 0.686. The van der Waals surface area contributed by atoms with E-state index in [1.807, 2.05) is 6.07 Å². The Bertz CT molecular complexity index is 600. The van der Waals surface area contributed by atoms with Gasteiger partial charge in [0.2, 0.25) is 5.95 Å². The van der Waals surface area contributed by atoms with Gasteiger partial charge in [-0.05, 0) is 24.3 Å². The number of rotatable bonds is 8. The lowest BCUT2D eigenvalue weighted by molar-refractivity contribution is 0.193. The van der Waals surface area contributed by atoms with Crippen molar-refractivity contribution in [1.29, 1.82) is 0 Å². The topological polar surface area (TPSA) is 79.3 Å². The number of anilines is 2. The Labute approximate surface area is 139 Å². The molecule has 1 aliphatic heterocycles. The normalized spacial score (nSPS) is 17.3. The molecule has 3 heterocycles. The Hall–Kier alpha value is -1.70. The molecule has 23 heavy (non-hydrogen) atoms. The lowest BCUT2D eigenvalue weighted by atomic mass is 10.0. The summed E-state index contributed by atoms with van der Waals surface area (Å²) in [4.78, 5) is 10.4. The predicted octanol–water partition coefficient (Wildman–Crippen LogP) is 2.10. The molecule has 1 saturated heterocycles. The van der Waals surface area contributed by atoms with Crippen molar-refractivity contribution in [3.8, 4) is 0 Å². The molecule has 7 heteroatoms. The molecule has 0 unspecified atom stereocenters. The van der Waals surface area contributed by atoms with Crippen LogP contribution >= 0.6 is 11.3 Å². The molecule has 0 aromatic carbocycles. The van der Waals surface area contributed by atoms with E-state index in [-0.39, 0.29) is 6.61 Å². The van der Waals surface area contributed by atoms with Gasteiger partial charge in [-0.25, -0.2) is 4.98 Å². The smallest absolute Gasteiger partial charge is 0.224 e. The molecule has 6 nitrogen and oxygen atoms in total. The number of aromatic nitrogens is 2. The second-order valence-corrected chi connectivity index (χ2v) is 6.50. The van der Waals surface area contributed by atoms with E-state index in [1.54, 1.807) is 11.3 Å². The Morgan fingerprint density at radius 1 is 1.30 bits per heavy atom. The monoisotopic (exact) mass is 334 g/mol. The summed E-state index contributed by atoms with van der Waals surface area (Å²) in [5, 5.41) is 17.5. The highest BCUT2D eigenvalue weighted by atomic mass is 32.1. The number of aliphatic hydroxyl groups excluding tert-OH is 1. The number of hydrogen-bond donors (Lipinski definition) is 3. The molecule has 0 aliphatic carbocycles. The number of aliphatic hydroxyl groups is 1. The number of thiophene rings is 1. The fourth-order valence-corrected chi connectivity index (χ4v) is 3.26. The van der Waals surface area contributed by atoms with Crippen LogP contribution in [0.3, 0.4) is 0 Å². The molecule has 1 atom stereocenters. The highest BCUT2D eigenvalue weighted by Crippen LogP contribution is 2.26. The summed E-state index contributed by atoms with van der Waals surface area (Å²) in [7, 11) is 0. The Morgan fingerprint density at radius 2 is 2.26 bits per heavy atom. The maximum Gasteiger partial charge on any atom is 0.224 e. The molecule has 2 aromatic rings.